The number of carbonyl (C=O) groups excluding carboxylic acids is 1. The standard InChI is InChI=1S/C26H28N4O4/c1-17(2)13-28-16-27-24-23(28)25(32)30(26(33)29(24)14-19-8-6-5-7-9-19)15-21-12-20(18(3)31)10-11-22(21)34-4/h5-12,16-17H,13-15H2,1-4H3. The molecule has 4 rings (SSSR count). The predicted octanol–water partition coefficient (Wildman–Crippen LogP) is 3.32. The molecule has 0 aliphatic carbocycles. The molecular formula is C26H28N4O4. The summed E-state index contributed by atoms with van der Waals surface area (Å²) in [5.41, 5.74) is 1.84. The molecule has 176 valence electrons. The van der Waals surface area contributed by atoms with Gasteiger partial charge in [0.05, 0.1) is 26.5 Å². The van der Waals surface area contributed by atoms with Crippen molar-refractivity contribution < 1.29 is 9.53 Å². The number of fused-ring (bicyclic) bond motifs is 1. The van der Waals surface area contributed by atoms with Gasteiger partial charge in [0, 0.05) is 17.7 Å². The van der Waals surface area contributed by atoms with Crippen LogP contribution in [0.15, 0.2) is 64.4 Å². The van der Waals surface area contributed by atoms with Crippen LogP contribution in [-0.4, -0.2) is 31.6 Å². The highest BCUT2D eigenvalue weighted by molar-refractivity contribution is 5.94. The number of Topliss-reactive ketones (excluding diaryl/α,β-unsaturated/α-hetero) is 1. The van der Waals surface area contributed by atoms with Crippen molar-refractivity contribution in [1.29, 1.82) is 0 Å². The molecule has 2 heterocycles. The van der Waals surface area contributed by atoms with Gasteiger partial charge in [0.15, 0.2) is 16.9 Å². The molecule has 0 saturated carbocycles. The van der Waals surface area contributed by atoms with Crippen LogP contribution in [0.3, 0.4) is 0 Å². The van der Waals surface area contributed by atoms with Gasteiger partial charge in [-0.3, -0.25) is 18.7 Å². The van der Waals surface area contributed by atoms with E-state index in [1.54, 1.807) is 24.5 Å². The summed E-state index contributed by atoms with van der Waals surface area (Å²) < 4.78 is 9.99. The molecule has 0 aliphatic heterocycles. The lowest BCUT2D eigenvalue weighted by atomic mass is 10.1. The summed E-state index contributed by atoms with van der Waals surface area (Å²) in [6.45, 7) is 6.43. The molecule has 8 heteroatoms. The van der Waals surface area contributed by atoms with Gasteiger partial charge in [0.1, 0.15) is 5.75 Å². The van der Waals surface area contributed by atoms with Gasteiger partial charge >= 0.3 is 5.69 Å². The van der Waals surface area contributed by atoms with E-state index in [-0.39, 0.29) is 24.8 Å². The van der Waals surface area contributed by atoms with Crippen LogP contribution >= 0.6 is 0 Å². The number of rotatable bonds is 8. The van der Waals surface area contributed by atoms with Gasteiger partial charge in [-0.25, -0.2) is 9.78 Å². The zero-order valence-electron chi connectivity index (χ0n) is 19.8. The van der Waals surface area contributed by atoms with Crippen LogP contribution in [0.25, 0.3) is 11.2 Å². The van der Waals surface area contributed by atoms with Gasteiger partial charge in [0.2, 0.25) is 0 Å². The van der Waals surface area contributed by atoms with Gasteiger partial charge in [-0.15, -0.1) is 0 Å². The minimum absolute atomic E-state index is 0.0282. The lowest BCUT2D eigenvalue weighted by molar-refractivity contribution is 0.101. The molecule has 0 bridgehead atoms. The number of hydrogen-bond donors (Lipinski definition) is 0. The second kappa shape index (κ2) is 9.51. The molecule has 8 nitrogen and oxygen atoms in total. The molecule has 0 radical (unpaired) electrons. The van der Waals surface area contributed by atoms with E-state index in [2.05, 4.69) is 18.8 Å². The molecule has 4 aromatic rings. The Labute approximate surface area is 197 Å². The van der Waals surface area contributed by atoms with Crippen LogP contribution < -0.4 is 16.0 Å². The van der Waals surface area contributed by atoms with Crippen molar-refractivity contribution in [2.45, 2.75) is 40.4 Å². The summed E-state index contributed by atoms with van der Waals surface area (Å²) in [6.07, 6.45) is 1.62. The molecular weight excluding hydrogens is 432 g/mol. The van der Waals surface area contributed by atoms with Crippen molar-refractivity contribution in [1.82, 2.24) is 18.7 Å². The van der Waals surface area contributed by atoms with Crippen LogP contribution in [0.4, 0.5) is 0 Å². The molecule has 0 unspecified atom stereocenters. The van der Waals surface area contributed by atoms with Gasteiger partial charge < -0.3 is 9.30 Å². The van der Waals surface area contributed by atoms with Gasteiger partial charge in [-0.1, -0.05) is 44.2 Å². The second-order valence-corrected chi connectivity index (χ2v) is 8.79. The SMILES string of the molecule is COc1ccc(C(C)=O)cc1Cn1c(=O)c2c(ncn2CC(C)C)n(Cc2ccccc2)c1=O. The maximum Gasteiger partial charge on any atom is 0.333 e. The van der Waals surface area contributed by atoms with E-state index in [0.717, 1.165) is 5.56 Å². The monoisotopic (exact) mass is 460 g/mol. The maximum atomic E-state index is 13.6. The number of nitrogens with zero attached hydrogens (tertiary/aromatic N) is 4. The third kappa shape index (κ3) is 4.44. The van der Waals surface area contributed by atoms with E-state index in [4.69, 9.17) is 4.74 Å². The zero-order chi connectivity index (χ0) is 24.4. The van der Waals surface area contributed by atoms with Crippen molar-refractivity contribution in [3.8, 4) is 5.75 Å². The van der Waals surface area contributed by atoms with Crippen molar-refractivity contribution in [2.24, 2.45) is 5.92 Å². The van der Waals surface area contributed by atoms with Crippen molar-refractivity contribution in [3.63, 3.8) is 0 Å². The summed E-state index contributed by atoms with van der Waals surface area (Å²) in [6, 6.07) is 14.6. The second-order valence-electron chi connectivity index (χ2n) is 8.79. The highest BCUT2D eigenvalue weighted by atomic mass is 16.5. The zero-order valence-corrected chi connectivity index (χ0v) is 19.8. The Hall–Kier alpha value is -3.94. The molecule has 0 aliphatic rings. The van der Waals surface area contributed by atoms with Gasteiger partial charge in [-0.2, -0.15) is 0 Å². The first-order valence-corrected chi connectivity index (χ1v) is 11.2. The van der Waals surface area contributed by atoms with Crippen molar-refractivity contribution in [3.05, 3.63) is 92.4 Å². The number of ketones is 1. The molecule has 34 heavy (non-hydrogen) atoms. The molecule has 0 spiro atoms. The van der Waals surface area contributed by atoms with E-state index >= 15 is 0 Å². The summed E-state index contributed by atoms with van der Waals surface area (Å²) >= 11 is 0. The lowest BCUT2D eigenvalue weighted by Gasteiger charge is -2.15. The Balaban J connectivity index is 1.95. The summed E-state index contributed by atoms with van der Waals surface area (Å²) in [4.78, 5) is 43.6. The Bertz CT molecular complexity index is 1460. The normalized spacial score (nSPS) is 11.3. The minimum Gasteiger partial charge on any atom is -0.496 e. The topological polar surface area (TPSA) is 88.1 Å². The first-order chi connectivity index (χ1) is 16.3. The summed E-state index contributed by atoms with van der Waals surface area (Å²) in [7, 11) is 1.52. The molecule has 0 saturated heterocycles. The van der Waals surface area contributed by atoms with E-state index < -0.39 is 11.2 Å². The highest BCUT2D eigenvalue weighted by Gasteiger charge is 2.20. The average Bonchev–Trinajstić information content (AvgIpc) is 3.22. The number of methoxy groups -OCH3 is 1. The van der Waals surface area contributed by atoms with Crippen LogP contribution in [0.1, 0.15) is 42.3 Å². The molecule has 2 aromatic carbocycles. The van der Waals surface area contributed by atoms with Gasteiger partial charge in [0.25, 0.3) is 5.56 Å². The smallest absolute Gasteiger partial charge is 0.333 e. The van der Waals surface area contributed by atoms with Crippen LogP contribution in [0.2, 0.25) is 0 Å². The van der Waals surface area contributed by atoms with Crippen molar-refractivity contribution >= 4 is 16.9 Å². The number of ether oxygens (including phenoxy) is 1. The molecule has 0 fully saturated rings. The lowest BCUT2D eigenvalue weighted by Crippen LogP contribution is -2.41. The maximum absolute atomic E-state index is 13.6. The first kappa shape index (κ1) is 23.2. The average molecular weight is 461 g/mol. The molecule has 0 N–H and O–H groups in total. The van der Waals surface area contributed by atoms with E-state index in [1.807, 2.05) is 34.9 Å². The van der Waals surface area contributed by atoms with Gasteiger partial charge in [-0.05, 0) is 36.6 Å². The van der Waals surface area contributed by atoms with E-state index in [1.165, 1.54) is 23.2 Å². The molecule has 0 atom stereocenters. The first-order valence-electron chi connectivity index (χ1n) is 11.2. The Morgan fingerprint density at radius 2 is 1.76 bits per heavy atom. The molecule has 2 aromatic heterocycles. The Morgan fingerprint density at radius 3 is 2.41 bits per heavy atom. The Kier molecular flexibility index (Phi) is 6.49. The van der Waals surface area contributed by atoms with Crippen LogP contribution in [0, 0.1) is 5.92 Å². The number of aromatic nitrogens is 4. The van der Waals surface area contributed by atoms with Crippen LogP contribution in [-0.2, 0) is 19.6 Å². The third-order valence-corrected chi connectivity index (χ3v) is 5.74. The predicted molar refractivity (Wildman–Crippen MR) is 131 cm³/mol. The number of benzene rings is 2. The quantitative estimate of drug-likeness (QED) is 0.377. The molecule has 0 amide bonds. The highest BCUT2D eigenvalue weighted by Crippen LogP contribution is 2.21. The fourth-order valence-electron chi connectivity index (χ4n) is 4.11. The number of imidazole rings is 1. The van der Waals surface area contributed by atoms with Crippen LogP contribution in [0.5, 0.6) is 5.75 Å². The number of carbonyl (C=O) groups is 1. The Morgan fingerprint density at radius 1 is 1.03 bits per heavy atom. The number of hydrogen-bond acceptors (Lipinski definition) is 5. The van der Waals surface area contributed by atoms with Crippen molar-refractivity contribution in [2.75, 3.05) is 7.11 Å². The fourth-order valence-corrected chi connectivity index (χ4v) is 4.11. The fraction of sp³-hybridized carbons (Fsp3) is 0.308. The summed E-state index contributed by atoms with van der Waals surface area (Å²) in [5, 5.41) is 0. The largest absolute Gasteiger partial charge is 0.496 e. The van der Waals surface area contributed by atoms with E-state index in [9.17, 15) is 14.4 Å². The summed E-state index contributed by atoms with van der Waals surface area (Å²) in [5.74, 6) is 0.678. The minimum atomic E-state index is -0.466. The third-order valence-electron chi connectivity index (χ3n) is 5.74. The van der Waals surface area contributed by atoms with E-state index in [0.29, 0.717) is 34.6 Å².